The van der Waals surface area contributed by atoms with Gasteiger partial charge in [0.1, 0.15) is 0 Å². The molecule has 19 heavy (non-hydrogen) atoms. The third-order valence-corrected chi connectivity index (χ3v) is 3.13. The Morgan fingerprint density at radius 2 is 2.16 bits per heavy atom. The largest absolute Gasteiger partial charge is 0.395 e. The van der Waals surface area contributed by atoms with Gasteiger partial charge in [-0.25, -0.2) is 0 Å². The molecule has 0 amide bonds. The quantitative estimate of drug-likeness (QED) is 0.807. The van der Waals surface area contributed by atoms with Gasteiger partial charge in [0.05, 0.1) is 12.1 Å². The fraction of sp³-hybridized carbons (Fsp3) is 0.312. The van der Waals surface area contributed by atoms with Crippen LogP contribution >= 0.6 is 0 Å². The molecule has 1 heterocycles. The molecule has 0 aliphatic rings. The summed E-state index contributed by atoms with van der Waals surface area (Å²) in [6, 6.07) is 10.3. The molecule has 0 saturated heterocycles. The summed E-state index contributed by atoms with van der Waals surface area (Å²) in [5.41, 5.74) is 3.30. The maximum absolute atomic E-state index is 9.12. The molecule has 1 aromatic heterocycles. The lowest BCUT2D eigenvalue weighted by molar-refractivity contribution is 0.204. The Morgan fingerprint density at radius 1 is 1.37 bits per heavy atom. The number of aryl methyl sites for hydroxylation is 1. The number of hydrogen-bond acceptors (Lipinski definition) is 3. The first-order chi connectivity index (χ1) is 9.24. The number of rotatable bonds is 6. The molecule has 100 valence electrons. The van der Waals surface area contributed by atoms with Gasteiger partial charge in [-0.1, -0.05) is 24.3 Å². The normalized spacial score (nSPS) is 11.1. The molecule has 0 saturated carbocycles. The number of aliphatic hydroxyl groups excluding tert-OH is 1. The van der Waals surface area contributed by atoms with Gasteiger partial charge in [0, 0.05) is 30.7 Å². The SMILES string of the molecule is C=CCN(CCO)Cc1cc(C)nc2ccccc12. The van der Waals surface area contributed by atoms with Gasteiger partial charge in [-0.05, 0) is 24.6 Å². The van der Waals surface area contributed by atoms with Gasteiger partial charge < -0.3 is 5.11 Å². The topological polar surface area (TPSA) is 36.4 Å². The van der Waals surface area contributed by atoms with Crippen LogP contribution in [0.2, 0.25) is 0 Å². The zero-order valence-electron chi connectivity index (χ0n) is 11.3. The van der Waals surface area contributed by atoms with E-state index in [0.29, 0.717) is 6.54 Å². The van der Waals surface area contributed by atoms with Crippen molar-refractivity contribution in [3.05, 3.63) is 54.2 Å². The van der Waals surface area contributed by atoms with E-state index in [1.807, 2.05) is 31.2 Å². The first-order valence-electron chi connectivity index (χ1n) is 6.54. The highest BCUT2D eigenvalue weighted by Crippen LogP contribution is 2.19. The number of benzene rings is 1. The molecule has 1 aromatic carbocycles. The summed E-state index contributed by atoms with van der Waals surface area (Å²) in [6.45, 7) is 8.18. The van der Waals surface area contributed by atoms with Crippen molar-refractivity contribution < 1.29 is 5.11 Å². The van der Waals surface area contributed by atoms with E-state index in [1.54, 1.807) is 0 Å². The van der Waals surface area contributed by atoms with E-state index >= 15 is 0 Å². The van der Waals surface area contributed by atoms with Crippen LogP contribution in [0.1, 0.15) is 11.3 Å². The molecular weight excluding hydrogens is 236 g/mol. The highest BCUT2D eigenvalue weighted by molar-refractivity contribution is 5.82. The third-order valence-electron chi connectivity index (χ3n) is 3.13. The van der Waals surface area contributed by atoms with Crippen molar-refractivity contribution in [1.29, 1.82) is 0 Å². The van der Waals surface area contributed by atoms with Crippen molar-refractivity contribution in [3.8, 4) is 0 Å². The van der Waals surface area contributed by atoms with Gasteiger partial charge in [0.2, 0.25) is 0 Å². The number of aliphatic hydroxyl groups is 1. The third kappa shape index (κ3) is 3.40. The van der Waals surface area contributed by atoms with Crippen molar-refractivity contribution in [1.82, 2.24) is 9.88 Å². The Kier molecular flexibility index (Phi) is 4.66. The van der Waals surface area contributed by atoms with Crippen LogP contribution in [-0.4, -0.2) is 34.7 Å². The molecule has 0 unspecified atom stereocenters. The lowest BCUT2D eigenvalue weighted by Crippen LogP contribution is -2.26. The zero-order chi connectivity index (χ0) is 13.7. The molecule has 0 aliphatic heterocycles. The van der Waals surface area contributed by atoms with E-state index in [9.17, 15) is 0 Å². The minimum atomic E-state index is 0.163. The zero-order valence-corrected chi connectivity index (χ0v) is 11.3. The summed E-state index contributed by atoms with van der Waals surface area (Å²) in [7, 11) is 0. The van der Waals surface area contributed by atoms with E-state index in [4.69, 9.17) is 5.11 Å². The van der Waals surface area contributed by atoms with Crippen molar-refractivity contribution in [2.45, 2.75) is 13.5 Å². The van der Waals surface area contributed by atoms with Crippen LogP contribution in [0.3, 0.4) is 0 Å². The summed E-state index contributed by atoms with van der Waals surface area (Å²) in [6.07, 6.45) is 1.87. The van der Waals surface area contributed by atoms with Gasteiger partial charge >= 0.3 is 0 Å². The average Bonchev–Trinajstić information content (AvgIpc) is 2.39. The van der Waals surface area contributed by atoms with Crippen molar-refractivity contribution in [2.24, 2.45) is 0 Å². The smallest absolute Gasteiger partial charge is 0.0708 e. The maximum atomic E-state index is 9.12. The molecule has 2 rings (SSSR count). The molecule has 3 nitrogen and oxygen atoms in total. The standard InChI is InChI=1S/C16H20N2O/c1-3-8-18(9-10-19)12-14-11-13(2)17-16-7-5-4-6-15(14)16/h3-7,11,19H,1,8-10,12H2,2H3. The second kappa shape index (κ2) is 6.45. The van der Waals surface area contributed by atoms with Crippen LogP contribution < -0.4 is 0 Å². The second-order valence-electron chi connectivity index (χ2n) is 4.69. The van der Waals surface area contributed by atoms with Crippen LogP contribution in [-0.2, 0) is 6.54 Å². The number of pyridine rings is 1. The van der Waals surface area contributed by atoms with E-state index in [2.05, 4.69) is 28.6 Å². The maximum Gasteiger partial charge on any atom is 0.0708 e. The average molecular weight is 256 g/mol. The molecule has 3 heteroatoms. The van der Waals surface area contributed by atoms with Gasteiger partial charge in [0.25, 0.3) is 0 Å². The predicted molar refractivity (Wildman–Crippen MR) is 79.0 cm³/mol. The summed E-state index contributed by atoms with van der Waals surface area (Å²) in [5.74, 6) is 0. The summed E-state index contributed by atoms with van der Waals surface area (Å²) < 4.78 is 0. The van der Waals surface area contributed by atoms with E-state index in [-0.39, 0.29) is 6.61 Å². The van der Waals surface area contributed by atoms with Crippen LogP contribution in [0.25, 0.3) is 10.9 Å². The molecule has 0 bridgehead atoms. The van der Waals surface area contributed by atoms with Crippen molar-refractivity contribution in [2.75, 3.05) is 19.7 Å². The number of hydrogen-bond donors (Lipinski definition) is 1. The fourth-order valence-electron chi connectivity index (χ4n) is 2.33. The predicted octanol–water partition coefficient (Wildman–Crippen LogP) is 2.52. The fourth-order valence-corrected chi connectivity index (χ4v) is 2.33. The monoisotopic (exact) mass is 256 g/mol. The molecule has 0 aliphatic carbocycles. The van der Waals surface area contributed by atoms with Crippen LogP contribution in [0.5, 0.6) is 0 Å². The summed E-state index contributed by atoms with van der Waals surface area (Å²) in [4.78, 5) is 6.72. The van der Waals surface area contributed by atoms with E-state index < -0.39 is 0 Å². The van der Waals surface area contributed by atoms with Gasteiger partial charge in [-0.3, -0.25) is 9.88 Å². The van der Waals surface area contributed by atoms with Crippen LogP contribution in [0, 0.1) is 6.92 Å². The van der Waals surface area contributed by atoms with Crippen LogP contribution in [0.4, 0.5) is 0 Å². The molecule has 2 aromatic rings. The van der Waals surface area contributed by atoms with Gasteiger partial charge in [-0.2, -0.15) is 0 Å². The molecule has 0 fully saturated rings. The molecule has 0 radical (unpaired) electrons. The Morgan fingerprint density at radius 3 is 2.89 bits per heavy atom. The first kappa shape index (κ1) is 13.7. The van der Waals surface area contributed by atoms with E-state index in [0.717, 1.165) is 24.3 Å². The highest BCUT2D eigenvalue weighted by Gasteiger charge is 2.08. The van der Waals surface area contributed by atoms with E-state index in [1.165, 1.54) is 10.9 Å². The number of nitrogens with zero attached hydrogens (tertiary/aromatic N) is 2. The number of para-hydroxylation sites is 1. The Balaban J connectivity index is 2.35. The minimum absolute atomic E-state index is 0.163. The molecule has 1 N–H and O–H groups in total. The lowest BCUT2D eigenvalue weighted by atomic mass is 10.1. The Bertz CT molecular complexity index is 566. The van der Waals surface area contributed by atoms with Gasteiger partial charge in [0.15, 0.2) is 0 Å². The summed E-state index contributed by atoms with van der Waals surface area (Å²) in [5, 5.41) is 10.3. The molecule has 0 spiro atoms. The van der Waals surface area contributed by atoms with Crippen molar-refractivity contribution in [3.63, 3.8) is 0 Å². The van der Waals surface area contributed by atoms with Crippen LogP contribution in [0.15, 0.2) is 43.0 Å². The number of aromatic nitrogens is 1. The molecular formula is C16H20N2O. The second-order valence-corrected chi connectivity index (χ2v) is 4.69. The molecule has 0 atom stereocenters. The highest BCUT2D eigenvalue weighted by atomic mass is 16.3. The number of fused-ring (bicyclic) bond motifs is 1. The summed E-state index contributed by atoms with van der Waals surface area (Å²) >= 11 is 0. The van der Waals surface area contributed by atoms with Crippen molar-refractivity contribution >= 4 is 10.9 Å². The Labute approximate surface area is 114 Å². The first-order valence-corrected chi connectivity index (χ1v) is 6.54. The minimum Gasteiger partial charge on any atom is -0.395 e. The Hall–Kier alpha value is -1.71. The lowest BCUT2D eigenvalue weighted by Gasteiger charge is -2.20. The van der Waals surface area contributed by atoms with Gasteiger partial charge in [-0.15, -0.1) is 6.58 Å².